The fourth-order valence-electron chi connectivity index (χ4n) is 6.65. The number of nitrogens with zero attached hydrogens (tertiary/aromatic N) is 3. The Balaban J connectivity index is 1.49. The molecule has 2 aliphatic carbocycles. The minimum absolute atomic E-state index is 0.0553. The molecular formula is C29H20F3N3O4S. The predicted octanol–water partition coefficient (Wildman–Crippen LogP) is 4.59. The number of carbonyl (C=O) groups is 1. The second-order valence-electron chi connectivity index (χ2n) is 10.4. The molecule has 8 rings (SSSR count). The van der Waals surface area contributed by atoms with Gasteiger partial charge >= 0.3 is 0 Å². The first-order chi connectivity index (χ1) is 19.3. The van der Waals surface area contributed by atoms with Gasteiger partial charge in [0.25, 0.3) is 11.8 Å². The number of alkyl halides is 2. The topological polar surface area (TPSA) is 75.0 Å². The molecule has 0 spiro atoms. The Labute approximate surface area is 229 Å². The SMILES string of the molecule is O=C1c2c(O)c(=O)ccn2N([C@@H]2c3ccccc3-c3scc4c3-c3c2ccc(F)c3CC4(F)F)[C@@H]2COCCN12. The van der Waals surface area contributed by atoms with Gasteiger partial charge in [-0.25, -0.2) is 13.2 Å². The molecule has 11 heteroatoms. The van der Waals surface area contributed by atoms with Gasteiger partial charge in [0.2, 0.25) is 5.43 Å². The van der Waals surface area contributed by atoms with Gasteiger partial charge in [0, 0.05) is 52.2 Å². The third-order valence-electron chi connectivity index (χ3n) is 8.36. The predicted molar refractivity (Wildman–Crippen MR) is 141 cm³/mol. The van der Waals surface area contributed by atoms with Gasteiger partial charge in [-0.15, -0.1) is 11.3 Å². The molecule has 4 heterocycles. The van der Waals surface area contributed by atoms with E-state index in [2.05, 4.69) is 0 Å². The lowest BCUT2D eigenvalue weighted by atomic mass is 9.80. The number of pyridine rings is 1. The Kier molecular flexibility index (Phi) is 4.74. The minimum atomic E-state index is -3.24. The number of hydrogen-bond donors (Lipinski definition) is 1. The fourth-order valence-corrected chi connectivity index (χ4v) is 7.82. The Morgan fingerprint density at radius 3 is 2.73 bits per heavy atom. The standard InChI is InChI=1S/C29H20F3N3O4S/c30-19-6-5-16-22-17(19)11-29(31,32)18-13-40-27(23(18)22)15-4-2-1-3-14(15)24(16)35-21-12-39-10-9-33(21)28(38)25-26(37)20(36)7-8-34(25)35/h1-8,13,21,24,37H,9-12H2/t21-,24-/m1/s1. The van der Waals surface area contributed by atoms with E-state index in [-0.39, 0.29) is 36.6 Å². The quantitative estimate of drug-likeness (QED) is 0.367. The van der Waals surface area contributed by atoms with Crippen LogP contribution < -0.4 is 10.4 Å². The summed E-state index contributed by atoms with van der Waals surface area (Å²) in [6.07, 6.45) is 0.00485. The van der Waals surface area contributed by atoms with Crippen LogP contribution in [0.5, 0.6) is 5.75 Å². The maximum atomic E-state index is 15.4. The minimum Gasteiger partial charge on any atom is -0.502 e. The lowest BCUT2D eigenvalue weighted by molar-refractivity contribution is -0.0197. The van der Waals surface area contributed by atoms with Gasteiger partial charge in [-0.05, 0) is 28.3 Å². The van der Waals surface area contributed by atoms with Crippen molar-refractivity contribution in [2.45, 2.75) is 24.6 Å². The second-order valence-corrected chi connectivity index (χ2v) is 11.3. The van der Waals surface area contributed by atoms with Crippen molar-refractivity contribution in [2.24, 2.45) is 0 Å². The molecule has 1 amide bonds. The van der Waals surface area contributed by atoms with E-state index in [0.29, 0.717) is 27.1 Å². The third-order valence-corrected chi connectivity index (χ3v) is 9.37. The summed E-state index contributed by atoms with van der Waals surface area (Å²) in [5.41, 5.74) is 1.74. The van der Waals surface area contributed by atoms with Crippen LogP contribution in [0.15, 0.2) is 58.8 Å². The highest BCUT2D eigenvalue weighted by molar-refractivity contribution is 7.14. The number of hydrogen-bond acceptors (Lipinski definition) is 6. The van der Waals surface area contributed by atoms with Crippen molar-refractivity contribution in [3.8, 4) is 27.3 Å². The lowest BCUT2D eigenvalue weighted by Crippen LogP contribution is -2.66. The Bertz CT molecular complexity index is 1830. The molecule has 2 aliphatic heterocycles. The number of halogens is 3. The van der Waals surface area contributed by atoms with E-state index < -0.39 is 47.5 Å². The summed E-state index contributed by atoms with van der Waals surface area (Å²) in [5, 5.41) is 14.1. The molecule has 40 heavy (non-hydrogen) atoms. The van der Waals surface area contributed by atoms with Crippen LogP contribution in [0.3, 0.4) is 0 Å². The van der Waals surface area contributed by atoms with Crippen LogP contribution in [0.4, 0.5) is 13.2 Å². The maximum Gasteiger partial charge on any atom is 0.278 e. The van der Waals surface area contributed by atoms with Crippen molar-refractivity contribution < 1.29 is 27.8 Å². The number of carbonyl (C=O) groups excluding carboxylic acids is 1. The molecule has 2 aromatic heterocycles. The molecular weight excluding hydrogens is 543 g/mol. The van der Waals surface area contributed by atoms with Crippen LogP contribution in [-0.4, -0.2) is 46.5 Å². The first kappa shape index (κ1) is 23.8. The fraction of sp³-hybridized carbons (Fsp3) is 0.241. The summed E-state index contributed by atoms with van der Waals surface area (Å²) in [6, 6.07) is 10.7. The number of morpholine rings is 1. The highest BCUT2D eigenvalue weighted by Gasteiger charge is 2.50. The molecule has 0 saturated carbocycles. The molecule has 1 saturated heterocycles. The zero-order valence-electron chi connectivity index (χ0n) is 20.7. The van der Waals surface area contributed by atoms with Crippen LogP contribution in [0, 0.1) is 5.82 Å². The van der Waals surface area contributed by atoms with Crippen molar-refractivity contribution in [2.75, 3.05) is 24.8 Å². The number of amides is 1. The average Bonchev–Trinajstić information content (AvgIpc) is 3.36. The van der Waals surface area contributed by atoms with E-state index in [0.717, 1.165) is 5.56 Å². The van der Waals surface area contributed by atoms with Crippen LogP contribution >= 0.6 is 11.3 Å². The van der Waals surface area contributed by atoms with Crippen LogP contribution in [0.2, 0.25) is 0 Å². The van der Waals surface area contributed by atoms with E-state index in [1.807, 2.05) is 29.3 Å². The molecule has 4 aromatic rings. The van der Waals surface area contributed by atoms with E-state index in [1.165, 1.54) is 39.7 Å². The molecule has 2 aromatic carbocycles. The van der Waals surface area contributed by atoms with Crippen LogP contribution in [0.25, 0.3) is 21.6 Å². The highest BCUT2D eigenvalue weighted by Crippen LogP contribution is 2.58. The zero-order chi connectivity index (χ0) is 27.5. The van der Waals surface area contributed by atoms with Gasteiger partial charge in [0.05, 0.1) is 19.3 Å². The number of aromatic hydroxyl groups is 1. The van der Waals surface area contributed by atoms with Crippen molar-refractivity contribution in [3.63, 3.8) is 0 Å². The molecule has 0 bridgehead atoms. The number of aromatic nitrogens is 1. The number of rotatable bonds is 1. The first-order valence-electron chi connectivity index (χ1n) is 12.8. The van der Waals surface area contributed by atoms with E-state index in [4.69, 9.17) is 4.74 Å². The molecule has 1 N–H and O–H groups in total. The van der Waals surface area contributed by atoms with Crippen LogP contribution in [-0.2, 0) is 17.1 Å². The molecule has 4 aliphatic rings. The largest absolute Gasteiger partial charge is 0.502 e. The number of thiophene rings is 1. The molecule has 1 fully saturated rings. The third kappa shape index (κ3) is 2.93. The molecule has 0 radical (unpaired) electrons. The monoisotopic (exact) mass is 563 g/mol. The smallest absolute Gasteiger partial charge is 0.278 e. The van der Waals surface area contributed by atoms with Crippen molar-refractivity contribution in [1.82, 2.24) is 9.58 Å². The van der Waals surface area contributed by atoms with Gasteiger partial charge in [-0.3, -0.25) is 19.3 Å². The lowest BCUT2D eigenvalue weighted by Gasteiger charge is -2.51. The number of fused-ring (bicyclic) bond motifs is 4. The Morgan fingerprint density at radius 2 is 1.88 bits per heavy atom. The van der Waals surface area contributed by atoms with Gasteiger partial charge < -0.3 is 14.7 Å². The van der Waals surface area contributed by atoms with Crippen molar-refractivity contribution in [1.29, 1.82) is 0 Å². The number of ether oxygens (including phenoxy) is 1. The van der Waals surface area contributed by atoms with Gasteiger partial charge in [0.15, 0.2) is 11.4 Å². The molecule has 202 valence electrons. The summed E-state index contributed by atoms with van der Waals surface area (Å²) in [5.74, 6) is -5.13. The van der Waals surface area contributed by atoms with E-state index >= 15 is 13.2 Å². The summed E-state index contributed by atoms with van der Waals surface area (Å²) in [4.78, 5) is 28.2. The molecule has 7 nitrogen and oxygen atoms in total. The average molecular weight is 564 g/mol. The van der Waals surface area contributed by atoms with Crippen LogP contribution in [0.1, 0.15) is 38.8 Å². The summed E-state index contributed by atoms with van der Waals surface area (Å²) < 4.78 is 53.5. The highest BCUT2D eigenvalue weighted by atomic mass is 32.1. The summed E-state index contributed by atoms with van der Waals surface area (Å²) >= 11 is 1.20. The van der Waals surface area contributed by atoms with Crippen molar-refractivity contribution in [3.05, 3.63) is 98.0 Å². The van der Waals surface area contributed by atoms with Gasteiger partial charge in [-0.1, -0.05) is 30.3 Å². The maximum absolute atomic E-state index is 15.4. The summed E-state index contributed by atoms with van der Waals surface area (Å²) in [6.45, 7) is 0.629. The Morgan fingerprint density at radius 1 is 1.05 bits per heavy atom. The van der Waals surface area contributed by atoms with E-state index in [9.17, 15) is 14.7 Å². The second kappa shape index (κ2) is 7.98. The van der Waals surface area contributed by atoms with Crippen molar-refractivity contribution >= 4 is 17.2 Å². The normalized spacial score (nSPS) is 21.7. The molecule has 2 atom stereocenters. The van der Waals surface area contributed by atoms with Gasteiger partial charge in [-0.2, -0.15) is 0 Å². The first-order valence-corrected chi connectivity index (χ1v) is 13.7. The summed E-state index contributed by atoms with van der Waals surface area (Å²) in [7, 11) is 0. The Hall–Kier alpha value is -4.09. The van der Waals surface area contributed by atoms with E-state index in [1.54, 1.807) is 11.0 Å². The molecule has 0 unspecified atom stereocenters. The van der Waals surface area contributed by atoms with Gasteiger partial charge in [0.1, 0.15) is 12.0 Å². The zero-order valence-corrected chi connectivity index (χ0v) is 21.6. The number of benzene rings is 2.